The van der Waals surface area contributed by atoms with Gasteiger partial charge in [0.15, 0.2) is 11.4 Å². The van der Waals surface area contributed by atoms with Crippen LogP contribution in [0, 0.1) is 11.8 Å². The first kappa shape index (κ1) is 27.1. The molecule has 3 aliphatic rings. The Hall–Kier alpha value is -3.90. The Morgan fingerprint density at radius 3 is 2.42 bits per heavy atom. The number of benzene rings is 1. The summed E-state index contributed by atoms with van der Waals surface area (Å²) < 4.78 is 0. The fourth-order valence-corrected chi connectivity index (χ4v) is 5.91. The summed E-state index contributed by atoms with van der Waals surface area (Å²) in [6.07, 6.45) is 0.206. The number of ketones is 2. The Kier molecular flexibility index (Phi) is 6.74. The number of fused-ring (bicyclic) bond motifs is 3. The fourth-order valence-electron chi connectivity index (χ4n) is 5.91. The highest BCUT2D eigenvalue weighted by molar-refractivity contribution is 6.24. The molecule has 0 aliphatic heterocycles. The van der Waals surface area contributed by atoms with Gasteiger partial charge in [-0.25, -0.2) is 0 Å². The van der Waals surface area contributed by atoms with Crippen molar-refractivity contribution in [2.75, 3.05) is 26.0 Å². The van der Waals surface area contributed by atoms with E-state index in [1.807, 2.05) is 0 Å². The minimum Gasteiger partial charge on any atom is -0.508 e. The van der Waals surface area contributed by atoms with Crippen molar-refractivity contribution in [2.45, 2.75) is 44.4 Å². The summed E-state index contributed by atoms with van der Waals surface area (Å²) in [5.74, 6) is -7.37. The molecule has 0 spiro atoms. The Morgan fingerprint density at radius 2 is 1.84 bits per heavy atom. The normalized spacial score (nSPS) is 26.8. The van der Waals surface area contributed by atoms with Crippen LogP contribution in [0.1, 0.15) is 31.4 Å². The van der Waals surface area contributed by atoms with Gasteiger partial charge in [0.1, 0.15) is 22.8 Å². The number of rotatable bonds is 6. The SMILES string of the molecule is CC(C)NC(=O)CNc1ccc2c(c1O)C(O)=C1C(=O)[C@@]3(O)C(O)=C(C(N)=O)C(=O)[C@@H](N(C)C)[C@H]3C[C@H]1C2. The first-order valence-corrected chi connectivity index (χ1v) is 12.2. The molecule has 4 atom stereocenters. The van der Waals surface area contributed by atoms with Crippen molar-refractivity contribution < 1.29 is 39.6 Å². The molecule has 0 heterocycles. The number of aromatic hydroxyl groups is 1. The quantitative estimate of drug-likeness (QED) is 0.193. The van der Waals surface area contributed by atoms with Crippen LogP contribution in [0.3, 0.4) is 0 Å². The van der Waals surface area contributed by atoms with Crippen LogP contribution in [0.2, 0.25) is 0 Å². The van der Waals surface area contributed by atoms with Gasteiger partial charge in [-0.3, -0.25) is 24.1 Å². The molecular weight excluding hydrogens is 496 g/mol. The zero-order valence-corrected chi connectivity index (χ0v) is 21.5. The van der Waals surface area contributed by atoms with Crippen LogP contribution < -0.4 is 16.4 Å². The van der Waals surface area contributed by atoms with Crippen molar-refractivity contribution in [1.82, 2.24) is 10.2 Å². The van der Waals surface area contributed by atoms with Gasteiger partial charge in [0.2, 0.25) is 11.7 Å². The summed E-state index contributed by atoms with van der Waals surface area (Å²) in [6, 6.07) is 1.98. The van der Waals surface area contributed by atoms with Crippen LogP contribution in [0.5, 0.6) is 5.75 Å². The molecule has 1 aromatic rings. The van der Waals surface area contributed by atoms with E-state index < -0.39 is 63.8 Å². The number of nitrogens with one attached hydrogen (secondary N) is 2. The van der Waals surface area contributed by atoms with Gasteiger partial charge in [-0.15, -0.1) is 0 Å². The van der Waals surface area contributed by atoms with Gasteiger partial charge in [-0.1, -0.05) is 6.07 Å². The van der Waals surface area contributed by atoms with E-state index in [1.54, 1.807) is 40.1 Å². The number of anilines is 1. The molecule has 0 aromatic heterocycles. The van der Waals surface area contributed by atoms with E-state index >= 15 is 0 Å². The molecule has 0 saturated heterocycles. The third-order valence-corrected chi connectivity index (χ3v) is 7.48. The van der Waals surface area contributed by atoms with Crippen LogP contribution in [-0.2, 0) is 25.6 Å². The molecule has 1 aromatic carbocycles. The number of nitrogens with two attached hydrogens (primary N) is 1. The Morgan fingerprint density at radius 1 is 1.18 bits per heavy atom. The van der Waals surface area contributed by atoms with Gasteiger partial charge in [0.25, 0.3) is 5.91 Å². The number of aliphatic hydroxyl groups is 3. The second kappa shape index (κ2) is 9.44. The Balaban J connectivity index is 1.80. The number of carbonyl (C=O) groups excluding carboxylic acids is 4. The molecule has 3 aliphatic carbocycles. The zero-order valence-electron chi connectivity index (χ0n) is 21.5. The maximum absolute atomic E-state index is 13.8. The van der Waals surface area contributed by atoms with Gasteiger partial charge in [-0.2, -0.15) is 0 Å². The number of nitrogens with zero attached hydrogens (tertiary/aromatic N) is 1. The summed E-state index contributed by atoms with van der Waals surface area (Å²) >= 11 is 0. The van der Waals surface area contributed by atoms with E-state index in [4.69, 9.17) is 5.73 Å². The van der Waals surface area contributed by atoms with Gasteiger partial charge < -0.3 is 36.8 Å². The van der Waals surface area contributed by atoms with Crippen molar-refractivity contribution in [3.8, 4) is 5.75 Å². The lowest BCUT2D eigenvalue weighted by molar-refractivity contribution is -0.153. The van der Waals surface area contributed by atoms with Crippen LogP contribution in [0.25, 0.3) is 5.76 Å². The number of likely N-dealkylation sites (N-methyl/N-ethyl adjacent to an activating group) is 1. The third-order valence-electron chi connectivity index (χ3n) is 7.48. The molecule has 1 fully saturated rings. The molecule has 4 rings (SSSR count). The molecule has 0 bridgehead atoms. The highest BCUT2D eigenvalue weighted by Crippen LogP contribution is 2.53. The van der Waals surface area contributed by atoms with Gasteiger partial charge in [0.05, 0.1) is 23.8 Å². The fraction of sp³-hybridized carbons (Fsp3) is 0.462. The van der Waals surface area contributed by atoms with Gasteiger partial charge in [-0.05, 0) is 58.3 Å². The molecule has 12 nitrogen and oxygen atoms in total. The lowest BCUT2D eigenvalue weighted by Crippen LogP contribution is -2.65. The average Bonchev–Trinajstić information content (AvgIpc) is 2.80. The molecule has 0 radical (unpaired) electrons. The standard InChI is InChI=1S/C26H32N4O8/c1-10(2)29-15(31)9-28-14-6-5-11-7-12-8-13-19(30(3)4)22(34)18(25(27)37)24(36)26(13,38)23(35)17(12)21(33)16(11)20(14)32/h5-6,10,12-13,19,28,32-33,36,38H,7-9H2,1-4H3,(H2,27,37)(H,29,31)/t12-,13-,19+,26-/m1/s1. The monoisotopic (exact) mass is 528 g/mol. The van der Waals surface area contributed by atoms with E-state index in [1.165, 1.54) is 4.90 Å². The van der Waals surface area contributed by atoms with Crippen molar-refractivity contribution in [3.05, 3.63) is 40.2 Å². The molecule has 1 saturated carbocycles. The van der Waals surface area contributed by atoms with Crippen LogP contribution in [0.4, 0.5) is 5.69 Å². The lowest BCUT2D eigenvalue weighted by atomic mass is 9.57. The van der Waals surface area contributed by atoms with Crippen molar-refractivity contribution in [2.24, 2.45) is 17.6 Å². The predicted octanol–water partition coefficient (Wildman–Crippen LogP) is -0.0995. The number of hydrogen-bond acceptors (Lipinski definition) is 10. The van der Waals surface area contributed by atoms with Crippen molar-refractivity contribution in [3.63, 3.8) is 0 Å². The second-order valence-corrected chi connectivity index (χ2v) is 10.5. The van der Waals surface area contributed by atoms with E-state index in [0.29, 0.717) is 5.56 Å². The van der Waals surface area contributed by atoms with Crippen LogP contribution in [0.15, 0.2) is 29.0 Å². The van der Waals surface area contributed by atoms with Crippen molar-refractivity contribution >= 4 is 34.8 Å². The molecule has 2 amide bonds. The molecular formula is C26H32N4O8. The number of phenols is 1. The smallest absolute Gasteiger partial charge is 0.255 e. The van der Waals surface area contributed by atoms with Crippen LogP contribution in [-0.4, -0.2) is 87.0 Å². The lowest BCUT2D eigenvalue weighted by Gasteiger charge is -2.50. The van der Waals surface area contributed by atoms with Crippen LogP contribution >= 0.6 is 0 Å². The molecule has 0 unspecified atom stereocenters. The number of primary amides is 1. The highest BCUT2D eigenvalue weighted by Gasteiger charge is 2.64. The summed E-state index contributed by atoms with van der Waals surface area (Å²) in [5, 5.41) is 50.2. The summed E-state index contributed by atoms with van der Waals surface area (Å²) in [5.41, 5.74) is 2.15. The Bertz CT molecular complexity index is 1310. The van der Waals surface area contributed by atoms with E-state index in [9.17, 15) is 39.6 Å². The average molecular weight is 529 g/mol. The van der Waals surface area contributed by atoms with E-state index in [2.05, 4.69) is 10.6 Å². The summed E-state index contributed by atoms with van der Waals surface area (Å²) in [7, 11) is 3.09. The minimum absolute atomic E-state index is 0.0158. The maximum atomic E-state index is 13.8. The number of Topliss-reactive ketones (excluding diaryl/α,β-unsaturated/α-hetero) is 2. The maximum Gasteiger partial charge on any atom is 0.255 e. The van der Waals surface area contributed by atoms with Crippen molar-refractivity contribution in [1.29, 1.82) is 0 Å². The first-order valence-electron chi connectivity index (χ1n) is 12.2. The van der Waals surface area contributed by atoms with Gasteiger partial charge >= 0.3 is 0 Å². The predicted molar refractivity (Wildman–Crippen MR) is 136 cm³/mol. The number of aliphatic hydroxyl groups excluding tert-OH is 2. The number of amides is 2. The first-order chi connectivity index (χ1) is 17.7. The number of hydrogen-bond donors (Lipinski definition) is 7. The highest BCUT2D eigenvalue weighted by atomic mass is 16.3. The summed E-state index contributed by atoms with van der Waals surface area (Å²) in [4.78, 5) is 52.4. The molecule has 12 heteroatoms. The topological polar surface area (TPSA) is 203 Å². The number of phenolic OH excluding ortho intramolecular Hbond substituents is 1. The number of carbonyl (C=O) groups is 4. The van der Waals surface area contributed by atoms with E-state index in [0.717, 1.165) is 0 Å². The third kappa shape index (κ3) is 4.00. The largest absolute Gasteiger partial charge is 0.508 e. The molecule has 204 valence electrons. The second-order valence-electron chi connectivity index (χ2n) is 10.5. The van der Waals surface area contributed by atoms with E-state index in [-0.39, 0.29) is 48.2 Å². The Labute approximate surface area is 218 Å². The summed E-state index contributed by atoms with van der Waals surface area (Å²) in [6.45, 7) is 3.45. The minimum atomic E-state index is -2.69. The molecule has 38 heavy (non-hydrogen) atoms. The zero-order chi connectivity index (χ0) is 28.3. The molecule has 8 N–H and O–H groups in total. The van der Waals surface area contributed by atoms with Gasteiger partial charge in [0, 0.05) is 17.5 Å².